The molecule has 0 spiro atoms. The van der Waals surface area contributed by atoms with Crippen LogP contribution in [0.1, 0.15) is 84.5 Å². The highest BCUT2D eigenvalue weighted by molar-refractivity contribution is 5.76. The van der Waals surface area contributed by atoms with Crippen LogP contribution in [0.3, 0.4) is 0 Å². The van der Waals surface area contributed by atoms with E-state index in [-0.39, 0.29) is 17.5 Å². The zero-order valence-corrected chi connectivity index (χ0v) is 12.8. The molecule has 0 radical (unpaired) electrons. The maximum atomic E-state index is 11.4. The molecule has 19 heavy (non-hydrogen) atoms. The molecule has 0 fully saturated rings. The second-order valence-corrected chi connectivity index (χ2v) is 5.16. The number of carbonyl (C=O) groups excluding carboxylic acids is 1. The van der Waals surface area contributed by atoms with Crippen LogP contribution in [-0.4, -0.2) is 17.5 Å². The highest BCUT2D eigenvalue weighted by Crippen LogP contribution is 2.10. The van der Waals surface area contributed by atoms with E-state index in [1.165, 1.54) is 51.4 Å². The Morgan fingerprint density at radius 1 is 0.947 bits per heavy atom. The van der Waals surface area contributed by atoms with E-state index in [4.69, 9.17) is 5.73 Å². The van der Waals surface area contributed by atoms with Crippen molar-refractivity contribution >= 4 is 5.91 Å². The van der Waals surface area contributed by atoms with Crippen molar-refractivity contribution in [3.05, 3.63) is 0 Å². The van der Waals surface area contributed by atoms with Gasteiger partial charge in [0.15, 0.2) is 0 Å². The second kappa shape index (κ2) is 15.4. The Bertz CT molecular complexity index is 199. The predicted octanol–water partition coefficient (Wildman–Crippen LogP) is 2.89. The van der Waals surface area contributed by atoms with Crippen LogP contribution in [0.25, 0.3) is 0 Å². The summed E-state index contributed by atoms with van der Waals surface area (Å²) in [6.45, 7) is 4.22. The molecule has 0 saturated carbocycles. The molecule has 1 atom stereocenters. The highest BCUT2D eigenvalue weighted by atomic mass is 16.1. The first-order valence-corrected chi connectivity index (χ1v) is 7.75. The molecular formula is C15H34N2O2. The van der Waals surface area contributed by atoms with E-state index in [9.17, 15) is 4.79 Å². The Morgan fingerprint density at radius 2 is 1.42 bits per heavy atom. The van der Waals surface area contributed by atoms with Crippen molar-refractivity contribution in [2.45, 2.75) is 90.6 Å². The summed E-state index contributed by atoms with van der Waals surface area (Å²) in [6, 6.07) is 0. The second-order valence-electron chi connectivity index (χ2n) is 5.16. The van der Waals surface area contributed by atoms with Crippen molar-refractivity contribution in [3.63, 3.8) is 0 Å². The zero-order chi connectivity index (χ0) is 13.6. The number of nitrogens with two attached hydrogens (primary N) is 1. The summed E-state index contributed by atoms with van der Waals surface area (Å²) < 4.78 is 0. The molecule has 0 aromatic heterocycles. The topological polar surface area (TPSA) is 86.6 Å². The van der Waals surface area contributed by atoms with Crippen LogP contribution in [0.15, 0.2) is 0 Å². The van der Waals surface area contributed by atoms with Gasteiger partial charge in [0.1, 0.15) is 0 Å². The van der Waals surface area contributed by atoms with Crippen molar-refractivity contribution in [2.24, 2.45) is 5.73 Å². The minimum Gasteiger partial charge on any atom is -0.412 e. The molecule has 0 aromatic rings. The third-order valence-electron chi connectivity index (χ3n) is 3.29. The van der Waals surface area contributed by atoms with E-state index in [1.54, 1.807) is 0 Å². The lowest BCUT2D eigenvalue weighted by Crippen LogP contribution is -2.40. The third kappa shape index (κ3) is 15.3. The van der Waals surface area contributed by atoms with Crippen LogP contribution in [0.5, 0.6) is 0 Å². The van der Waals surface area contributed by atoms with Crippen LogP contribution >= 0.6 is 0 Å². The van der Waals surface area contributed by atoms with Crippen molar-refractivity contribution in [2.75, 3.05) is 0 Å². The minimum absolute atomic E-state index is 0. The Kier molecular flexibility index (Phi) is 16.8. The summed E-state index contributed by atoms with van der Waals surface area (Å²) in [4.78, 5) is 11.4. The van der Waals surface area contributed by atoms with E-state index in [2.05, 4.69) is 12.2 Å². The molecule has 0 aliphatic heterocycles. The smallest absolute Gasteiger partial charge is 0.221 e. The van der Waals surface area contributed by atoms with E-state index in [0.717, 1.165) is 12.8 Å². The fourth-order valence-corrected chi connectivity index (χ4v) is 1.98. The number of unbranched alkanes of at least 4 members (excludes halogenated alkanes) is 8. The third-order valence-corrected chi connectivity index (χ3v) is 3.29. The number of rotatable bonds is 12. The molecule has 4 nitrogen and oxygen atoms in total. The first-order chi connectivity index (χ1) is 8.70. The molecule has 0 saturated heterocycles. The molecular weight excluding hydrogens is 240 g/mol. The van der Waals surface area contributed by atoms with Crippen molar-refractivity contribution in [3.8, 4) is 0 Å². The lowest BCUT2D eigenvalue weighted by atomic mass is 10.1. The minimum atomic E-state index is -0.170. The number of hydrogen-bond acceptors (Lipinski definition) is 2. The van der Waals surface area contributed by atoms with Gasteiger partial charge in [0.25, 0.3) is 0 Å². The van der Waals surface area contributed by atoms with Crippen molar-refractivity contribution < 1.29 is 10.3 Å². The van der Waals surface area contributed by atoms with E-state index in [0.29, 0.717) is 6.42 Å². The number of hydrogen-bond donors (Lipinski definition) is 2. The Morgan fingerprint density at radius 3 is 1.89 bits per heavy atom. The standard InChI is InChI=1S/C15H32N2O.H2O/c1-3-5-6-7-8-9-10-11-12-13-15(18)17-14(16)4-2;/h14H,3-13,16H2,1-2H3,(H,17,18);1H2. The largest absolute Gasteiger partial charge is 0.412 e. The van der Waals surface area contributed by atoms with Gasteiger partial charge in [0, 0.05) is 6.42 Å². The maximum absolute atomic E-state index is 11.4. The van der Waals surface area contributed by atoms with E-state index >= 15 is 0 Å². The average molecular weight is 274 g/mol. The Balaban J connectivity index is 0. The molecule has 0 aromatic carbocycles. The lowest BCUT2D eigenvalue weighted by molar-refractivity contribution is -0.121. The molecule has 0 heterocycles. The summed E-state index contributed by atoms with van der Waals surface area (Å²) in [5.41, 5.74) is 5.65. The van der Waals surface area contributed by atoms with Crippen LogP contribution < -0.4 is 11.1 Å². The first-order valence-electron chi connectivity index (χ1n) is 7.75. The van der Waals surface area contributed by atoms with Gasteiger partial charge >= 0.3 is 0 Å². The molecule has 0 aliphatic rings. The molecule has 1 amide bonds. The monoisotopic (exact) mass is 274 g/mol. The van der Waals surface area contributed by atoms with Gasteiger partial charge in [-0.3, -0.25) is 4.79 Å². The van der Waals surface area contributed by atoms with E-state index in [1.807, 2.05) is 6.92 Å². The van der Waals surface area contributed by atoms with Gasteiger partial charge < -0.3 is 16.5 Å². The first kappa shape index (κ1) is 20.7. The maximum Gasteiger partial charge on any atom is 0.221 e. The van der Waals surface area contributed by atoms with Gasteiger partial charge in [-0.2, -0.15) is 0 Å². The van der Waals surface area contributed by atoms with Gasteiger partial charge in [-0.15, -0.1) is 0 Å². The lowest BCUT2D eigenvalue weighted by Gasteiger charge is -2.10. The molecule has 1 unspecified atom stereocenters. The number of amides is 1. The summed E-state index contributed by atoms with van der Waals surface area (Å²) in [5, 5.41) is 2.79. The summed E-state index contributed by atoms with van der Waals surface area (Å²) in [7, 11) is 0. The fourth-order valence-electron chi connectivity index (χ4n) is 1.98. The summed E-state index contributed by atoms with van der Waals surface area (Å²) in [5.74, 6) is 0.104. The predicted molar refractivity (Wildman–Crippen MR) is 81.9 cm³/mol. The van der Waals surface area contributed by atoms with Crippen LogP contribution in [0.2, 0.25) is 0 Å². The Labute approximate surface area is 118 Å². The molecule has 5 N–H and O–H groups in total. The summed E-state index contributed by atoms with van der Waals surface area (Å²) in [6.07, 6.45) is 12.8. The summed E-state index contributed by atoms with van der Waals surface area (Å²) >= 11 is 0. The normalized spacial score (nSPS) is 11.7. The van der Waals surface area contributed by atoms with Crippen molar-refractivity contribution in [1.29, 1.82) is 0 Å². The van der Waals surface area contributed by atoms with E-state index < -0.39 is 0 Å². The van der Waals surface area contributed by atoms with Gasteiger partial charge in [-0.1, -0.05) is 65.2 Å². The van der Waals surface area contributed by atoms with Gasteiger partial charge in [0.2, 0.25) is 5.91 Å². The highest BCUT2D eigenvalue weighted by Gasteiger charge is 2.04. The average Bonchev–Trinajstić information content (AvgIpc) is 2.36. The quantitative estimate of drug-likeness (QED) is 0.423. The van der Waals surface area contributed by atoms with Crippen LogP contribution in [0.4, 0.5) is 0 Å². The molecule has 0 aliphatic carbocycles. The van der Waals surface area contributed by atoms with Crippen LogP contribution in [-0.2, 0) is 4.79 Å². The Hall–Kier alpha value is -0.610. The molecule has 0 bridgehead atoms. The zero-order valence-electron chi connectivity index (χ0n) is 12.8. The SMILES string of the molecule is CCCCCCCCCCCC(=O)NC(N)CC.O. The molecule has 0 rings (SSSR count). The van der Waals surface area contributed by atoms with Crippen LogP contribution in [0, 0.1) is 0 Å². The van der Waals surface area contributed by atoms with Gasteiger partial charge in [0.05, 0.1) is 6.17 Å². The van der Waals surface area contributed by atoms with Gasteiger partial charge in [-0.05, 0) is 12.8 Å². The van der Waals surface area contributed by atoms with Crippen molar-refractivity contribution in [1.82, 2.24) is 5.32 Å². The number of nitrogens with one attached hydrogen (secondary N) is 1. The number of carbonyl (C=O) groups is 1. The van der Waals surface area contributed by atoms with Gasteiger partial charge in [-0.25, -0.2) is 0 Å². The fraction of sp³-hybridized carbons (Fsp3) is 0.933. The molecule has 4 heteroatoms. The molecule has 116 valence electrons.